The summed E-state index contributed by atoms with van der Waals surface area (Å²) in [6.45, 7) is 5.44. The average molecular weight is 212 g/mol. The van der Waals surface area contributed by atoms with Crippen molar-refractivity contribution in [2.45, 2.75) is 32.7 Å². The summed E-state index contributed by atoms with van der Waals surface area (Å²) >= 11 is 5.92. The van der Waals surface area contributed by atoms with Gasteiger partial charge in [-0.25, -0.2) is 0 Å². The molecule has 0 amide bonds. The predicted molar refractivity (Wildman–Crippen MR) is 62.8 cm³/mol. The van der Waals surface area contributed by atoms with E-state index in [0.717, 1.165) is 11.6 Å². The highest BCUT2D eigenvalue weighted by atomic mass is 35.5. The van der Waals surface area contributed by atoms with Crippen LogP contribution in [-0.4, -0.2) is 6.54 Å². The summed E-state index contributed by atoms with van der Waals surface area (Å²) in [6, 6.07) is 8.42. The Labute approximate surface area is 91.5 Å². The Morgan fingerprint density at radius 1 is 1.43 bits per heavy atom. The number of unbranched alkanes of at least 4 members (excludes halogenated alkanes) is 1. The van der Waals surface area contributed by atoms with E-state index in [-0.39, 0.29) is 0 Å². The first-order valence-corrected chi connectivity index (χ1v) is 5.60. The molecule has 14 heavy (non-hydrogen) atoms. The van der Waals surface area contributed by atoms with Gasteiger partial charge in [0.1, 0.15) is 0 Å². The highest BCUT2D eigenvalue weighted by Crippen LogP contribution is 2.17. The zero-order chi connectivity index (χ0) is 10.4. The maximum Gasteiger partial charge on any atom is 0.0409 e. The molecule has 1 rings (SSSR count). The van der Waals surface area contributed by atoms with Crippen LogP contribution in [0.25, 0.3) is 0 Å². The van der Waals surface area contributed by atoms with Crippen LogP contribution in [0.3, 0.4) is 0 Å². The largest absolute Gasteiger partial charge is 0.310 e. The van der Waals surface area contributed by atoms with Gasteiger partial charge in [-0.15, -0.1) is 0 Å². The number of benzene rings is 1. The fourth-order valence-electron chi connectivity index (χ4n) is 1.39. The Balaban J connectivity index is 2.47. The van der Waals surface area contributed by atoms with E-state index in [4.69, 9.17) is 11.6 Å². The Morgan fingerprint density at radius 3 is 2.86 bits per heavy atom. The molecule has 0 aromatic heterocycles. The molecule has 0 unspecified atom stereocenters. The van der Waals surface area contributed by atoms with Gasteiger partial charge in [-0.05, 0) is 37.6 Å². The lowest BCUT2D eigenvalue weighted by atomic mass is 10.1. The van der Waals surface area contributed by atoms with Crippen LogP contribution >= 0.6 is 11.6 Å². The third-order valence-electron chi connectivity index (χ3n) is 2.33. The summed E-state index contributed by atoms with van der Waals surface area (Å²) in [4.78, 5) is 0. The first-order valence-electron chi connectivity index (χ1n) is 5.23. The molecule has 0 bridgehead atoms. The van der Waals surface area contributed by atoms with Crippen LogP contribution < -0.4 is 5.32 Å². The predicted octanol–water partition coefficient (Wildman–Crippen LogP) is 3.79. The fraction of sp³-hybridized carbons (Fsp3) is 0.500. The van der Waals surface area contributed by atoms with Gasteiger partial charge in [0.15, 0.2) is 0 Å². The average Bonchev–Trinajstić information content (AvgIpc) is 2.18. The standard InChI is InChI=1S/C12H18ClN/c1-3-4-8-14-10(2)11-6-5-7-12(13)9-11/h5-7,9-10,14H,3-4,8H2,1-2H3/t10-/m0/s1. The molecule has 78 valence electrons. The maximum atomic E-state index is 5.92. The van der Waals surface area contributed by atoms with Gasteiger partial charge in [-0.3, -0.25) is 0 Å². The van der Waals surface area contributed by atoms with Crippen molar-refractivity contribution in [2.24, 2.45) is 0 Å². The quantitative estimate of drug-likeness (QED) is 0.731. The molecule has 0 radical (unpaired) electrons. The number of nitrogens with one attached hydrogen (secondary N) is 1. The molecular formula is C12H18ClN. The molecule has 0 saturated heterocycles. The molecule has 0 heterocycles. The summed E-state index contributed by atoms with van der Waals surface area (Å²) in [6.07, 6.45) is 2.46. The monoisotopic (exact) mass is 211 g/mol. The second-order valence-corrected chi connectivity index (χ2v) is 4.02. The molecule has 0 aliphatic heterocycles. The van der Waals surface area contributed by atoms with Crippen LogP contribution in [0.1, 0.15) is 38.3 Å². The van der Waals surface area contributed by atoms with Crippen LogP contribution in [-0.2, 0) is 0 Å². The smallest absolute Gasteiger partial charge is 0.0409 e. The normalized spacial score (nSPS) is 12.8. The molecule has 1 aromatic rings. The van der Waals surface area contributed by atoms with Gasteiger partial charge in [0, 0.05) is 11.1 Å². The zero-order valence-electron chi connectivity index (χ0n) is 8.89. The molecule has 2 heteroatoms. The summed E-state index contributed by atoms with van der Waals surface area (Å²) in [5.41, 5.74) is 1.26. The Bertz CT molecular complexity index is 273. The minimum Gasteiger partial charge on any atom is -0.310 e. The van der Waals surface area contributed by atoms with Gasteiger partial charge >= 0.3 is 0 Å². The van der Waals surface area contributed by atoms with Crippen molar-refractivity contribution < 1.29 is 0 Å². The summed E-state index contributed by atoms with van der Waals surface area (Å²) < 4.78 is 0. The van der Waals surface area contributed by atoms with E-state index in [1.807, 2.05) is 18.2 Å². The Hall–Kier alpha value is -0.530. The maximum absolute atomic E-state index is 5.92. The Kier molecular flexibility index (Phi) is 4.99. The summed E-state index contributed by atoms with van der Waals surface area (Å²) in [5, 5.41) is 4.28. The van der Waals surface area contributed by atoms with Crippen molar-refractivity contribution in [1.82, 2.24) is 5.32 Å². The molecule has 0 saturated carbocycles. The lowest BCUT2D eigenvalue weighted by molar-refractivity contribution is 0.554. The van der Waals surface area contributed by atoms with E-state index < -0.39 is 0 Å². The van der Waals surface area contributed by atoms with Crippen LogP contribution in [0.15, 0.2) is 24.3 Å². The molecule has 1 aromatic carbocycles. The number of halogens is 1. The first-order chi connectivity index (χ1) is 6.74. The van der Waals surface area contributed by atoms with Gasteiger partial charge < -0.3 is 5.32 Å². The zero-order valence-corrected chi connectivity index (χ0v) is 9.64. The Morgan fingerprint density at radius 2 is 2.21 bits per heavy atom. The minimum atomic E-state index is 0.389. The molecule has 1 atom stereocenters. The summed E-state index contributed by atoms with van der Waals surface area (Å²) in [5.74, 6) is 0. The number of rotatable bonds is 5. The lowest BCUT2D eigenvalue weighted by Gasteiger charge is -2.13. The van der Waals surface area contributed by atoms with Crippen molar-refractivity contribution in [3.8, 4) is 0 Å². The van der Waals surface area contributed by atoms with Crippen LogP contribution in [0.4, 0.5) is 0 Å². The SMILES string of the molecule is CCCCN[C@@H](C)c1cccc(Cl)c1. The second kappa shape index (κ2) is 6.05. The van der Waals surface area contributed by atoms with Crippen molar-refractivity contribution >= 4 is 11.6 Å². The van der Waals surface area contributed by atoms with E-state index in [1.54, 1.807) is 0 Å². The first kappa shape index (κ1) is 11.5. The van der Waals surface area contributed by atoms with Gasteiger partial charge in [0.25, 0.3) is 0 Å². The van der Waals surface area contributed by atoms with Crippen LogP contribution in [0, 0.1) is 0 Å². The van der Waals surface area contributed by atoms with Crippen LogP contribution in [0.2, 0.25) is 5.02 Å². The van der Waals surface area contributed by atoms with Crippen molar-refractivity contribution in [2.75, 3.05) is 6.54 Å². The van der Waals surface area contributed by atoms with Crippen molar-refractivity contribution in [3.63, 3.8) is 0 Å². The third kappa shape index (κ3) is 3.69. The minimum absolute atomic E-state index is 0.389. The van der Waals surface area contributed by atoms with Crippen LogP contribution in [0.5, 0.6) is 0 Å². The second-order valence-electron chi connectivity index (χ2n) is 3.58. The van der Waals surface area contributed by atoms with Gasteiger partial charge in [0.05, 0.1) is 0 Å². The molecule has 0 aliphatic rings. The number of hydrogen-bond donors (Lipinski definition) is 1. The molecular weight excluding hydrogens is 194 g/mol. The molecule has 1 N–H and O–H groups in total. The molecule has 0 aliphatic carbocycles. The lowest BCUT2D eigenvalue weighted by Crippen LogP contribution is -2.19. The topological polar surface area (TPSA) is 12.0 Å². The molecule has 1 nitrogen and oxygen atoms in total. The van der Waals surface area contributed by atoms with Gasteiger partial charge in [-0.2, -0.15) is 0 Å². The fourth-order valence-corrected chi connectivity index (χ4v) is 1.59. The van der Waals surface area contributed by atoms with E-state index in [0.29, 0.717) is 6.04 Å². The molecule has 0 spiro atoms. The summed E-state index contributed by atoms with van der Waals surface area (Å²) in [7, 11) is 0. The van der Waals surface area contributed by atoms with E-state index >= 15 is 0 Å². The van der Waals surface area contributed by atoms with E-state index in [1.165, 1.54) is 18.4 Å². The molecule has 0 fully saturated rings. The van der Waals surface area contributed by atoms with Crippen molar-refractivity contribution in [3.05, 3.63) is 34.9 Å². The van der Waals surface area contributed by atoms with E-state index in [9.17, 15) is 0 Å². The van der Waals surface area contributed by atoms with Gasteiger partial charge in [-0.1, -0.05) is 37.1 Å². The van der Waals surface area contributed by atoms with E-state index in [2.05, 4.69) is 25.2 Å². The third-order valence-corrected chi connectivity index (χ3v) is 2.56. The van der Waals surface area contributed by atoms with Crippen molar-refractivity contribution in [1.29, 1.82) is 0 Å². The number of hydrogen-bond acceptors (Lipinski definition) is 1. The highest BCUT2D eigenvalue weighted by Gasteiger charge is 2.03. The highest BCUT2D eigenvalue weighted by molar-refractivity contribution is 6.30. The van der Waals surface area contributed by atoms with Gasteiger partial charge in [0.2, 0.25) is 0 Å².